The van der Waals surface area contributed by atoms with Crippen LogP contribution in [0.1, 0.15) is 10.6 Å². The van der Waals surface area contributed by atoms with Gasteiger partial charge in [0.05, 0.1) is 10.8 Å². The third-order valence-electron chi connectivity index (χ3n) is 2.33. The first-order chi connectivity index (χ1) is 8.99. The minimum absolute atomic E-state index is 0.0147. The van der Waals surface area contributed by atoms with Crippen LogP contribution in [-0.2, 0) is 0 Å². The van der Waals surface area contributed by atoms with E-state index in [0.717, 1.165) is 4.74 Å². The number of nitrogen functional groups attached to an aromatic ring is 1. The average Bonchev–Trinajstić information content (AvgIpc) is 2.67. The summed E-state index contributed by atoms with van der Waals surface area (Å²) in [5, 5.41) is 0.473. The molecule has 0 saturated carbocycles. The van der Waals surface area contributed by atoms with E-state index in [2.05, 4.69) is 0 Å². The highest BCUT2D eigenvalue weighted by molar-refractivity contribution is 8.00. The van der Waals surface area contributed by atoms with Gasteiger partial charge in [0.1, 0.15) is 5.76 Å². The van der Waals surface area contributed by atoms with Gasteiger partial charge in [-0.15, -0.1) is 16.5 Å². The lowest BCUT2D eigenvalue weighted by atomic mass is 10.3. The molecular formula is C12H11ClN2O3S. The molecule has 0 saturated heterocycles. The fourth-order valence-electron chi connectivity index (χ4n) is 1.49. The van der Waals surface area contributed by atoms with Crippen molar-refractivity contribution in [3.63, 3.8) is 0 Å². The quantitative estimate of drug-likeness (QED) is 0.695. The molecule has 0 aliphatic heterocycles. The van der Waals surface area contributed by atoms with Gasteiger partial charge in [0.2, 0.25) is 0 Å². The monoisotopic (exact) mass is 298 g/mol. The van der Waals surface area contributed by atoms with E-state index in [-0.39, 0.29) is 5.75 Å². The van der Waals surface area contributed by atoms with E-state index in [9.17, 15) is 9.59 Å². The van der Waals surface area contributed by atoms with Crippen LogP contribution in [0.3, 0.4) is 0 Å². The van der Waals surface area contributed by atoms with Crippen LogP contribution in [0.4, 0.5) is 5.69 Å². The number of hydrogen-bond acceptors (Lipinski definition) is 5. The predicted octanol–water partition coefficient (Wildman–Crippen LogP) is 2.42. The van der Waals surface area contributed by atoms with Gasteiger partial charge in [0, 0.05) is 16.6 Å². The summed E-state index contributed by atoms with van der Waals surface area (Å²) in [6, 6.07) is 6.37. The van der Waals surface area contributed by atoms with Crippen LogP contribution < -0.4 is 11.3 Å². The number of hydrogen-bond donors (Lipinski definition) is 1. The molecule has 2 N–H and O–H groups in total. The fourth-order valence-corrected chi connectivity index (χ4v) is 2.66. The van der Waals surface area contributed by atoms with E-state index < -0.39 is 11.5 Å². The number of thioether (sulfide) groups is 1. The molecule has 1 heterocycles. The van der Waals surface area contributed by atoms with Crippen LogP contribution in [-0.4, -0.2) is 16.4 Å². The standard InChI is InChI=1S/C12H11ClN2O3S/c1-7-5-10(16)15(18-7)11(17)6-19-12-8(13)3-2-4-9(12)14/h2-5H,6,14H2,1H3. The number of anilines is 1. The summed E-state index contributed by atoms with van der Waals surface area (Å²) in [5.74, 6) is -0.0520. The van der Waals surface area contributed by atoms with E-state index in [4.69, 9.17) is 21.9 Å². The maximum atomic E-state index is 11.8. The first kappa shape index (κ1) is 13.8. The van der Waals surface area contributed by atoms with Crippen LogP contribution in [0, 0.1) is 6.92 Å². The second-order valence-electron chi connectivity index (χ2n) is 3.82. The number of carbonyl (C=O) groups is 1. The van der Waals surface area contributed by atoms with Gasteiger partial charge in [-0.3, -0.25) is 9.59 Å². The van der Waals surface area contributed by atoms with E-state index >= 15 is 0 Å². The van der Waals surface area contributed by atoms with Crippen molar-refractivity contribution in [1.82, 2.24) is 4.74 Å². The average molecular weight is 299 g/mol. The van der Waals surface area contributed by atoms with Crippen LogP contribution in [0.15, 0.2) is 38.5 Å². The molecule has 0 atom stereocenters. The zero-order chi connectivity index (χ0) is 14.0. The van der Waals surface area contributed by atoms with Crippen molar-refractivity contribution < 1.29 is 9.32 Å². The molecule has 5 nitrogen and oxygen atoms in total. The summed E-state index contributed by atoms with van der Waals surface area (Å²) in [5.41, 5.74) is 5.79. The Labute approximate surface area is 118 Å². The molecule has 1 aromatic heterocycles. The minimum Gasteiger partial charge on any atom is -0.398 e. The van der Waals surface area contributed by atoms with E-state index in [1.54, 1.807) is 25.1 Å². The Kier molecular flexibility index (Phi) is 4.01. The van der Waals surface area contributed by atoms with Gasteiger partial charge in [0.25, 0.3) is 11.5 Å². The SMILES string of the molecule is Cc1cc(=O)n(C(=O)CSc2c(N)cccc2Cl)o1. The lowest BCUT2D eigenvalue weighted by molar-refractivity contribution is 0.0813. The molecule has 0 unspecified atom stereocenters. The molecular weight excluding hydrogens is 288 g/mol. The van der Waals surface area contributed by atoms with Gasteiger partial charge in [-0.2, -0.15) is 0 Å². The van der Waals surface area contributed by atoms with Gasteiger partial charge >= 0.3 is 0 Å². The van der Waals surface area contributed by atoms with Gasteiger partial charge in [-0.25, -0.2) is 0 Å². The molecule has 19 heavy (non-hydrogen) atoms. The summed E-state index contributed by atoms with van der Waals surface area (Å²) < 4.78 is 5.73. The Morgan fingerprint density at radius 1 is 1.53 bits per heavy atom. The minimum atomic E-state index is -0.477. The maximum absolute atomic E-state index is 11.8. The molecule has 0 amide bonds. The third-order valence-corrected chi connectivity index (χ3v) is 3.89. The number of aromatic nitrogens is 1. The van der Waals surface area contributed by atoms with Crippen molar-refractivity contribution in [2.45, 2.75) is 11.8 Å². The van der Waals surface area contributed by atoms with Crippen LogP contribution in [0.2, 0.25) is 5.02 Å². The first-order valence-corrected chi connectivity index (χ1v) is 6.75. The Morgan fingerprint density at radius 3 is 2.84 bits per heavy atom. The second kappa shape index (κ2) is 5.54. The summed E-state index contributed by atoms with van der Waals surface area (Å²) in [6.07, 6.45) is 0. The molecule has 0 radical (unpaired) electrons. The van der Waals surface area contributed by atoms with Gasteiger partial charge in [0.15, 0.2) is 0 Å². The Hall–Kier alpha value is -1.66. The Bertz CT molecular complexity index is 658. The maximum Gasteiger partial charge on any atom is 0.290 e. The molecule has 2 aromatic rings. The lowest BCUT2D eigenvalue weighted by Crippen LogP contribution is -2.23. The highest BCUT2D eigenvalue weighted by atomic mass is 35.5. The first-order valence-electron chi connectivity index (χ1n) is 5.39. The number of halogens is 1. The van der Waals surface area contributed by atoms with Crippen LogP contribution in [0.25, 0.3) is 0 Å². The van der Waals surface area contributed by atoms with E-state index in [1.807, 2.05) is 0 Å². The van der Waals surface area contributed by atoms with Crippen molar-refractivity contribution in [3.8, 4) is 0 Å². The Morgan fingerprint density at radius 2 is 2.26 bits per heavy atom. The van der Waals surface area contributed by atoms with E-state index in [1.165, 1.54) is 17.8 Å². The highest BCUT2D eigenvalue weighted by Gasteiger charge is 2.14. The van der Waals surface area contributed by atoms with Crippen molar-refractivity contribution >= 4 is 35.0 Å². The zero-order valence-corrected chi connectivity index (χ0v) is 11.6. The largest absolute Gasteiger partial charge is 0.398 e. The normalized spacial score (nSPS) is 10.6. The molecule has 0 spiro atoms. The lowest BCUT2D eigenvalue weighted by Gasteiger charge is -2.06. The molecule has 2 rings (SSSR count). The number of nitrogens with two attached hydrogens (primary N) is 1. The predicted molar refractivity (Wildman–Crippen MR) is 74.9 cm³/mol. The third kappa shape index (κ3) is 3.02. The van der Waals surface area contributed by atoms with Gasteiger partial charge < -0.3 is 10.3 Å². The Balaban J connectivity index is 2.13. The van der Waals surface area contributed by atoms with Crippen molar-refractivity contribution in [3.05, 3.63) is 45.4 Å². The summed E-state index contributed by atoms with van der Waals surface area (Å²) in [4.78, 5) is 23.9. The topological polar surface area (TPSA) is 78.2 Å². The zero-order valence-electron chi connectivity index (χ0n) is 10.1. The number of benzene rings is 1. The van der Waals surface area contributed by atoms with E-state index in [0.29, 0.717) is 21.4 Å². The number of aryl methyl sites for hydroxylation is 1. The smallest absolute Gasteiger partial charge is 0.290 e. The molecule has 1 aromatic carbocycles. The number of carbonyl (C=O) groups excluding carboxylic acids is 1. The summed E-state index contributed by atoms with van der Waals surface area (Å²) in [6.45, 7) is 1.60. The number of nitrogens with zero attached hydrogens (tertiary/aromatic N) is 1. The summed E-state index contributed by atoms with van der Waals surface area (Å²) >= 11 is 7.16. The van der Waals surface area contributed by atoms with Gasteiger partial charge in [-0.1, -0.05) is 17.7 Å². The van der Waals surface area contributed by atoms with Crippen LogP contribution in [0.5, 0.6) is 0 Å². The van der Waals surface area contributed by atoms with Crippen molar-refractivity contribution in [2.75, 3.05) is 11.5 Å². The fraction of sp³-hybridized carbons (Fsp3) is 0.167. The van der Waals surface area contributed by atoms with Crippen molar-refractivity contribution in [2.24, 2.45) is 0 Å². The molecule has 7 heteroatoms. The molecule has 0 aliphatic carbocycles. The van der Waals surface area contributed by atoms with Gasteiger partial charge in [-0.05, 0) is 19.1 Å². The van der Waals surface area contributed by atoms with Crippen LogP contribution >= 0.6 is 23.4 Å². The molecule has 100 valence electrons. The highest BCUT2D eigenvalue weighted by Crippen LogP contribution is 2.32. The molecule has 0 aliphatic rings. The molecule has 0 fully saturated rings. The summed E-state index contributed by atoms with van der Waals surface area (Å²) in [7, 11) is 0. The van der Waals surface area contributed by atoms with Crippen molar-refractivity contribution in [1.29, 1.82) is 0 Å². The number of rotatable bonds is 3. The molecule has 0 bridgehead atoms. The second-order valence-corrected chi connectivity index (χ2v) is 5.21.